The smallest absolute Gasteiger partial charge is 0.207 e. The Morgan fingerprint density at radius 2 is 1.79 bits per heavy atom. The normalized spacial score (nSPS) is 11.9. The van der Waals surface area contributed by atoms with Gasteiger partial charge in [0.1, 0.15) is 0 Å². The average molecular weight is 253 g/mol. The van der Waals surface area contributed by atoms with Gasteiger partial charge < -0.3 is 4.98 Å². The summed E-state index contributed by atoms with van der Waals surface area (Å²) in [6, 6.07) is 2.07. The van der Waals surface area contributed by atoms with Gasteiger partial charge in [0.25, 0.3) is 0 Å². The number of fused-ring (bicyclic) bond motifs is 5. The number of rotatable bonds is 0. The van der Waals surface area contributed by atoms with Gasteiger partial charge in [-0.25, -0.2) is 0 Å². The molecule has 0 aliphatic rings. The van der Waals surface area contributed by atoms with Crippen LogP contribution < -0.4 is 0 Å². The van der Waals surface area contributed by atoms with E-state index >= 15 is 0 Å². The highest BCUT2D eigenvalue weighted by Gasteiger charge is 2.16. The van der Waals surface area contributed by atoms with Crippen LogP contribution in [0.2, 0.25) is 0 Å². The molecule has 0 aromatic carbocycles. The fourth-order valence-electron chi connectivity index (χ4n) is 2.46. The molecule has 0 spiro atoms. The van der Waals surface area contributed by atoms with Gasteiger partial charge in [-0.15, -0.1) is 20.4 Å². The molecule has 0 aliphatic carbocycles. The zero-order chi connectivity index (χ0) is 13.1. The number of pyridine rings is 1. The van der Waals surface area contributed by atoms with Crippen molar-refractivity contribution in [2.75, 3.05) is 0 Å². The Labute approximate surface area is 107 Å². The van der Waals surface area contributed by atoms with Crippen LogP contribution in [-0.4, -0.2) is 35.0 Å². The van der Waals surface area contributed by atoms with Crippen molar-refractivity contribution >= 4 is 27.8 Å². The molecule has 0 saturated heterocycles. The minimum atomic E-state index is 0.643. The van der Waals surface area contributed by atoms with E-state index < -0.39 is 0 Å². The van der Waals surface area contributed by atoms with Gasteiger partial charge in [-0.1, -0.05) is 0 Å². The van der Waals surface area contributed by atoms with Gasteiger partial charge in [-0.05, 0) is 32.4 Å². The van der Waals surface area contributed by atoms with Crippen molar-refractivity contribution < 1.29 is 0 Å². The molecule has 4 heterocycles. The number of aromatic nitrogens is 7. The lowest BCUT2D eigenvalue weighted by Crippen LogP contribution is -1.95. The van der Waals surface area contributed by atoms with Gasteiger partial charge >= 0.3 is 0 Å². The van der Waals surface area contributed by atoms with Crippen LogP contribution in [0, 0.1) is 20.8 Å². The molecule has 1 N–H and O–H groups in total. The Bertz CT molecular complexity index is 947. The van der Waals surface area contributed by atoms with E-state index in [9.17, 15) is 0 Å². The van der Waals surface area contributed by atoms with Crippen LogP contribution in [-0.2, 0) is 0 Å². The van der Waals surface area contributed by atoms with Crippen LogP contribution in [0.3, 0.4) is 0 Å². The molecule has 7 heteroatoms. The molecule has 4 aromatic rings. The molecule has 0 amide bonds. The summed E-state index contributed by atoms with van der Waals surface area (Å²) < 4.78 is 1.70. The number of nitrogens with zero attached hydrogens (tertiary/aromatic N) is 6. The fraction of sp³-hybridized carbons (Fsp3) is 0.250. The largest absolute Gasteiger partial charge is 0.342 e. The number of hydrogen-bond acceptors (Lipinski definition) is 5. The van der Waals surface area contributed by atoms with Gasteiger partial charge in [-0.3, -0.25) is 0 Å². The molecule has 19 heavy (non-hydrogen) atoms. The molecule has 0 fully saturated rings. The molecule has 0 saturated carbocycles. The molecular formula is C12H11N7. The Morgan fingerprint density at radius 3 is 2.63 bits per heavy atom. The third-order valence-corrected chi connectivity index (χ3v) is 3.30. The number of aromatic amines is 1. The number of nitrogens with one attached hydrogen (secondary N) is 1. The number of hydrogen-bond donors (Lipinski definition) is 1. The third-order valence-electron chi connectivity index (χ3n) is 3.30. The Kier molecular flexibility index (Phi) is 1.77. The lowest BCUT2D eigenvalue weighted by molar-refractivity contribution is 0.927. The van der Waals surface area contributed by atoms with Crippen LogP contribution in [0.5, 0.6) is 0 Å². The second-order valence-corrected chi connectivity index (χ2v) is 4.75. The zero-order valence-corrected chi connectivity index (χ0v) is 10.8. The molecule has 7 nitrogen and oxygen atoms in total. The quantitative estimate of drug-likeness (QED) is 0.513. The van der Waals surface area contributed by atoms with Crippen LogP contribution in [0.1, 0.15) is 17.0 Å². The fourth-order valence-corrected chi connectivity index (χ4v) is 2.46. The predicted molar refractivity (Wildman–Crippen MR) is 69.9 cm³/mol. The second kappa shape index (κ2) is 3.25. The predicted octanol–water partition coefficient (Wildman–Crippen LogP) is 1.47. The molecule has 0 aliphatic heterocycles. The maximum Gasteiger partial charge on any atom is 0.207 e. The van der Waals surface area contributed by atoms with Gasteiger partial charge in [0.2, 0.25) is 5.65 Å². The summed E-state index contributed by atoms with van der Waals surface area (Å²) >= 11 is 0. The van der Waals surface area contributed by atoms with Gasteiger partial charge in [0.05, 0.1) is 11.1 Å². The summed E-state index contributed by atoms with van der Waals surface area (Å²) in [7, 11) is 0. The van der Waals surface area contributed by atoms with E-state index in [1.807, 2.05) is 20.8 Å². The summed E-state index contributed by atoms with van der Waals surface area (Å²) in [6.45, 7) is 5.91. The molecule has 0 radical (unpaired) electrons. The molecule has 0 bridgehead atoms. The maximum absolute atomic E-state index is 4.53. The van der Waals surface area contributed by atoms with Crippen molar-refractivity contribution in [3.05, 3.63) is 23.0 Å². The summed E-state index contributed by atoms with van der Waals surface area (Å²) in [5.74, 6) is 0. The standard InChI is InChI=1S/C12H11N7/c1-5-4-6(2)13-10-8(5)11-16-15-9-7(3)14-17-12(9)19(11)18-10/h4H,1-3H3,(H,13,18). The van der Waals surface area contributed by atoms with Crippen molar-refractivity contribution in [2.24, 2.45) is 0 Å². The van der Waals surface area contributed by atoms with E-state index in [2.05, 4.69) is 36.5 Å². The molecular weight excluding hydrogens is 242 g/mol. The third kappa shape index (κ3) is 1.24. The van der Waals surface area contributed by atoms with E-state index in [1.165, 1.54) is 0 Å². The first-order chi connectivity index (χ1) is 9.15. The summed E-state index contributed by atoms with van der Waals surface area (Å²) in [5, 5.41) is 22.1. The number of H-pyrrole nitrogens is 1. The molecule has 0 atom stereocenters. The van der Waals surface area contributed by atoms with E-state index in [0.29, 0.717) is 16.8 Å². The molecule has 4 aromatic heterocycles. The Hall–Kier alpha value is -2.57. The first-order valence-corrected chi connectivity index (χ1v) is 5.99. The highest BCUT2D eigenvalue weighted by Crippen LogP contribution is 2.23. The van der Waals surface area contributed by atoms with E-state index in [1.54, 1.807) is 4.52 Å². The summed E-state index contributed by atoms with van der Waals surface area (Å²) in [6.07, 6.45) is 0. The van der Waals surface area contributed by atoms with Crippen LogP contribution in [0.15, 0.2) is 6.07 Å². The second-order valence-electron chi connectivity index (χ2n) is 4.75. The van der Waals surface area contributed by atoms with Crippen molar-refractivity contribution in [1.82, 2.24) is 35.0 Å². The first-order valence-electron chi connectivity index (χ1n) is 5.99. The van der Waals surface area contributed by atoms with E-state index in [0.717, 1.165) is 28.0 Å². The lowest BCUT2D eigenvalue weighted by atomic mass is 10.2. The SMILES string of the molecule is Cc1cc(C)c2c(nn3c4nnc(C)c4nnc23)[nH]1. The van der Waals surface area contributed by atoms with E-state index in [-0.39, 0.29) is 0 Å². The zero-order valence-electron chi connectivity index (χ0n) is 10.8. The highest BCUT2D eigenvalue weighted by atomic mass is 15.4. The first kappa shape index (κ1) is 10.4. The molecule has 94 valence electrons. The molecule has 4 rings (SSSR count). The topological polar surface area (TPSA) is 84.7 Å². The van der Waals surface area contributed by atoms with Crippen molar-refractivity contribution in [3.63, 3.8) is 0 Å². The maximum atomic E-state index is 4.53. The minimum Gasteiger partial charge on any atom is -0.342 e. The average Bonchev–Trinajstić information content (AvgIpc) is 2.89. The van der Waals surface area contributed by atoms with E-state index in [4.69, 9.17) is 0 Å². The van der Waals surface area contributed by atoms with Crippen molar-refractivity contribution in [1.29, 1.82) is 0 Å². The van der Waals surface area contributed by atoms with Crippen molar-refractivity contribution in [3.8, 4) is 0 Å². The van der Waals surface area contributed by atoms with Crippen molar-refractivity contribution in [2.45, 2.75) is 20.8 Å². The van der Waals surface area contributed by atoms with Crippen LogP contribution >= 0.6 is 0 Å². The Morgan fingerprint density at radius 1 is 1.00 bits per heavy atom. The van der Waals surface area contributed by atoms with Gasteiger partial charge in [0.15, 0.2) is 16.8 Å². The molecule has 0 unspecified atom stereocenters. The van der Waals surface area contributed by atoms with Crippen LogP contribution in [0.25, 0.3) is 27.8 Å². The highest BCUT2D eigenvalue weighted by molar-refractivity contribution is 5.94. The monoisotopic (exact) mass is 253 g/mol. The summed E-state index contributed by atoms with van der Waals surface area (Å²) in [5.41, 5.74) is 5.77. The Balaban J connectivity index is 2.30. The minimum absolute atomic E-state index is 0.643. The van der Waals surface area contributed by atoms with Gasteiger partial charge in [0, 0.05) is 5.69 Å². The number of aryl methyl sites for hydroxylation is 3. The van der Waals surface area contributed by atoms with Gasteiger partial charge in [-0.2, -0.15) is 9.61 Å². The van der Waals surface area contributed by atoms with Crippen LogP contribution in [0.4, 0.5) is 0 Å². The summed E-state index contributed by atoms with van der Waals surface area (Å²) in [4.78, 5) is 3.24. The lowest BCUT2D eigenvalue weighted by Gasteiger charge is -1.98.